The third-order valence-corrected chi connectivity index (χ3v) is 4.32. The number of para-hydroxylation sites is 1. The van der Waals surface area contributed by atoms with E-state index >= 15 is 0 Å². The molecule has 0 spiro atoms. The largest absolute Gasteiger partial charge is 0.355 e. The summed E-state index contributed by atoms with van der Waals surface area (Å²) in [5, 5.41) is 2.70. The smallest absolute Gasteiger partial charge is 0.271 e. The SMILES string of the molecule is Cc1cc(C(=O)NNC(=O)CCNC(=O)C(C)(C)C)c(C)n1-c1ccccc1. The first-order valence-corrected chi connectivity index (χ1v) is 9.23. The Morgan fingerprint density at radius 3 is 2.25 bits per heavy atom. The second-order valence-corrected chi connectivity index (χ2v) is 7.71. The zero-order chi connectivity index (χ0) is 20.9. The van der Waals surface area contributed by atoms with Crippen molar-refractivity contribution in [2.24, 2.45) is 5.41 Å². The molecule has 1 aromatic heterocycles. The van der Waals surface area contributed by atoms with Gasteiger partial charge in [-0.2, -0.15) is 0 Å². The van der Waals surface area contributed by atoms with Crippen LogP contribution < -0.4 is 16.2 Å². The van der Waals surface area contributed by atoms with Crippen LogP contribution in [-0.2, 0) is 9.59 Å². The molecule has 2 rings (SSSR count). The number of nitrogens with one attached hydrogen (secondary N) is 3. The van der Waals surface area contributed by atoms with Crippen molar-refractivity contribution in [1.82, 2.24) is 20.7 Å². The summed E-state index contributed by atoms with van der Waals surface area (Å²) in [5.74, 6) is -0.889. The average Bonchev–Trinajstić information content (AvgIpc) is 2.94. The van der Waals surface area contributed by atoms with E-state index in [9.17, 15) is 14.4 Å². The fourth-order valence-corrected chi connectivity index (χ4v) is 2.78. The second-order valence-electron chi connectivity index (χ2n) is 7.71. The maximum absolute atomic E-state index is 12.5. The third kappa shape index (κ3) is 5.22. The van der Waals surface area contributed by atoms with Crippen LogP contribution in [0.25, 0.3) is 5.69 Å². The van der Waals surface area contributed by atoms with Crippen LogP contribution in [0.3, 0.4) is 0 Å². The Labute approximate surface area is 165 Å². The maximum Gasteiger partial charge on any atom is 0.271 e. The van der Waals surface area contributed by atoms with E-state index in [1.807, 2.05) is 48.7 Å². The highest BCUT2D eigenvalue weighted by Gasteiger charge is 2.21. The van der Waals surface area contributed by atoms with Gasteiger partial charge in [0, 0.05) is 35.5 Å². The topological polar surface area (TPSA) is 92.2 Å². The molecule has 7 heteroatoms. The Morgan fingerprint density at radius 1 is 1.00 bits per heavy atom. The van der Waals surface area contributed by atoms with Gasteiger partial charge in [-0.1, -0.05) is 39.0 Å². The first-order valence-electron chi connectivity index (χ1n) is 9.23. The number of nitrogens with zero attached hydrogens (tertiary/aromatic N) is 1. The number of benzene rings is 1. The molecule has 0 saturated carbocycles. The molecule has 0 aliphatic heterocycles. The summed E-state index contributed by atoms with van der Waals surface area (Å²) < 4.78 is 1.98. The molecular formula is C21H28N4O3. The Kier molecular flexibility index (Phi) is 6.62. The molecule has 0 unspecified atom stereocenters. The minimum absolute atomic E-state index is 0.0745. The molecule has 0 radical (unpaired) electrons. The fraction of sp³-hybridized carbons (Fsp3) is 0.381. The lowest BCUT2D eigenvalue weighted by atomic mass is 9.96. The summed E-state index contributed by atoms with van der Waals surface area (Å²) in [6, 6.07) is 11.5. The van der Waals surface area contributed by atoms with E-state index in [0.29, 0.717) is 5.56 Å². The van der Waals surface area contributed by atoms with Gasteiger partial charge in [-0.3, -0.25) is 25.2 Å². The highest BCUT2D eigenvalue weighted by molar-refractivity contribution is 5.97. The minimum atomic E-state index is -0.508. The molecule has 3 N–H and O–H groups in total. The monoisotopic (exact) mass is 384 g/mol. The molecule has 7 nitrogen and oxygen atoms in total. The predicted octanol–water partition coefficient (Wildman–Crippen LogP) is 2.41. The molecule has 2 aromatic rings. The number of aromatic nitrogens is 1. The fourth-order valence-electron chi connectivity index (χ4n) is 2.78. The first kappa shape index (κ1) is 21.2. The van der Waals surface area contributed by atoms with Gasteiger partial charge in [0.1, 0.15) is 0 Å². The highest BCUT2D eigenvalue weighted by Crippen LogP contribution is 2.20. The van der Waals surface area contributed by atoms with Gasteiger partial charge in [-0.25, -0.2) is 0 Å². The van der Waals surface area contributed by atoms with Crippen LogP contribution in [0.15, 0.2) is 36.4 Å². The number of aryl methyl sites for hydroxylation is 1. The van der Waals surface area contributed by atoms with Crippen molar-refractivity contribution in [2.45, 2.75) is 41.0 Å². The van der Waals surface area contributed by atoms with Crippen LogP contribution in [0.1, 0.15) is 48.9 Å². The zero-order valence-corrected chi connectivity index (χ0v) is 17.1. The number of hydrogen-bond acceptors (Lipinski definition) is 3. The van der Waals surface area contributed by atoms with E-state index in [-0.39, 0.29) is 30.7 Å². The molecule has 1 aromatic carbocycles. The van der Waals surface area contributed by atoms with Crippen molar-refractivity contribution in [3.05, 3.63) is 53.3 Å². The molecule has 0 atom stereocenters. The van der Waals surface area contributed by atoms with Crippen molar-refractivity contribution in [3.8, 4) is 5.69 Å². The van der Waals surface area contributed by atoms with Gasteiger partial charge in [-0.05, 0) is 32.0 Å². The first-order chi connectivity index (χ1) is 13.1. The average molecular weight is 384 g/mol. The number of hydrogen-bond donors (Lipinski definition) is 3. The van der Waals surface area contributed by atoms with Gasteiger partial charge >= 0.3 is 0 Å². The molecule has 1 heterocycles. The molecule has 0 fully saturated rings. The van der Waals surface area contributed by atoms with Crippen LogP contribution >= 0.6 is 0 Å². The van der Waals surface area contributed by atoms with Crippen LogP contribution in [0.4, 0.5) is 0 Å². The number of rotatable bonds is 5. The zero-order valence-electron chi connectivity index (χ0n) is 17.1. The van der Waals surface area contributed by atoms with Crippen molar-refractivity contribution in [1.29, 1.82) is 0 Å². The molecule has 0 aliphatic rings. The highest BCUT2D eigenvalue weighted by atomic mass is 16.2. The van der Waals surface area contributed by atoms with E-state index in [1.54, 1.807) is 26.8 Å². The van der Waals surface area contributed by atoms with Crippen LogP contribution in [-0.4, -0.2) is 28.8 Å². The number of hydrazine groups is 1. The molecular weight excluding hydrogens is 356 g/mol. The lowest BCUT2D eigenvalue weighted by Crippen LogP contribution is -2.43. The molecule has 0 aliphatic carbocycles. The lowest BCUT2D eigenvalue weighted by Gasteiger charge is -2.17. The van der Waals surface area contributed by atoms with Gasteiger partial charge in [0.2, 0.25) is 11.8 Å². The minimum Gasteiger partial charge on any atom is -0.355 e. The van der Waals surface area contributed by atoms with E-state index in [2.05, 4.69) is 16.2 Å². The Bertz CT molecular complexity index is 864. The molecule has 3 amide bonds. The van der Waals surface area contributed by atoms with Crippen molar-refractivity contribution in [3.63, 3.8) is 0 Å². The van der Waals surface area contributed by atoms with Crippen LogP contribution in [0, 0.1) is 19.3 Å². The summed E-state index contributed by atoms with van der Waals surface area (Å²) in [5.41, 5.74) is 7.48. The Morgan fingerprint density at radius 2 is 1.64 bits per heavy atom. The normalized spacial score (nSPS) is 11.0. The molecule has 28 heavy (non-hydrogen) atoms. The van der Waals surface area contributed by atoms with Crippen molar-refractivity contribution >= 4 is 17.7 Å². The summed E-state index contributed by atoms with van der Waals surface area (Å²) in [6.45, 7) is 9.39. The summed E-state index contributed by atoms with van der Waals surface area (Å²) in [4.78, 5) is 36.1. The van der Waals surface area contributed by atoms with Gasteiger partial charge in [0.15, 0.2) is 0 Å². The molecule has 150 valence electrons. The van der Waals surface area contributed by atoms with Crippen LogP contribution in [0.2, 0.25) is 0 Å². The number of carbonyl (C=O) groups excluding carboxylic acids is 3. The summed E-state index contributed by atoms with van der Waals surface area (Å²) in [6.07, 6.45) is 0.0745. The standard InChI is InChI=1S/C21H28N4O3/c1-14-13-17(15(2)25(14)16-9-7-6-8-10-16)19(27)24-23-18(26)11-12-22-20(28)21(3,4)5/h6-10,13H,11-12H2,1-5H3,(H,22,28)(H,23,26)(H,24,27). The van der Waals surface area contributed by atoms with E-state index in [1.165, 1.54) is 0 Å². The van der Waals surface area contributed by atoms with Gasteiger partial charge in [0.25, 0.3) is 5.91 Å². The number of amides is 3. The van der Waals surface area contributed by atoms with Gasteiger partial charge in [-0.15, -0.1) is 0 Å². The quantitative estimate of drug-likeness (QED) is 0.691. The van der Waals surface area contributed by atoms with Crippen molar-refractivity contribution in [2.75, 3.05) is 6.54 Å². The summed E-state index contributed by atoms with van der Waals surface area (Å²) >= 11 is 0. The number of carbonyl (C=O) groups is 3. The van der Waals surface area contributed by atoms with Gasteiger partial charge in [0.05, 0.1) is 5.56 Å². The lowest BCUT2D eigenvalue weighted by molar-refractivity contribution is -0.128. The second kappa shape index (κ2) is 8.73. The Balaban J connectivity index is 1.92. The molecule has 0 bridgehead atoms. The van der Waals surface area contributed by atoms with E-state index in [0.717, 1.165) is 17.1 Å². The predicted molar refractivity (Wildman–Crippen MR) is 108 cm³/mol. The van der Waals surface area contributed by atoms with Gasteiger partial charge < -0.3 is 9.88 Å². The van der Waals surface area contributed by atoms with E-state index < -0.39 is 5.41 Å². The molecule has 0 saturated heterocycles. The Hall–Kier alpha value is -3.09. The van der Waals surface area contributed by atoms with Crippen LogP contribution in [0.5, 0.6) is 0 Å². The van der Waals surface area contributed by atoms with E-state index in [4.69, 9.17) is 0 Å². The third-order valence-electron chi connectivity index (χ3n) is 4.32. The van der Waals surface area contributed by atoms with Crippen molar-refractivity contribution < 1.29 is 14.4 Å². The summed E-state index contributed by atoms with van der Waals surface area (Å²) in [7, 11) is 0. The maximum atomic E-state index is 12.5.